The van der Waals surface area contributed by atoms with Gasteiger partial charge in [-0.25, -0.2) is 10.4 Å². The zero-order chi connectivity index (χ0) is 15.8. The third-order valence-corrected chi connectivity index (χ3v) is 3.56. The molecule has 0 bridgehead atoms. The van der Waals surface area contributed by atoms with E-state index in [1.165, 1.54) is 11.1 Å². The molecule has 0 saturated heterocycles. The molecule has 0 unspecified atom stereocenters. The predicted octanol–water partition coefficient (Wildman–Crippen LogP) is 3.74. The average Bonchev–Trinajstić information content (AvgIpc) is 2.54. The zero-order valence-corrected chi connectivity index (χ0v) is 13.2. The van der Waals surface area contributed by atoms with E-state index in [0.717, 1.165) is 13.1 Å². The molecule has 0 amide bonds. The highest BCUT2D eigenvalue weighted by Gasteiger charge is 2.16. The average molecular weight is 293 g/mol. The molecule has 0 aromatic heterocycles. The molecule has 22 heavy (non-hydrogen) atoms. The molecule has 0 aliphatic rings. The second kappa shape index (κ2) is 8.33. The number of nitrogens with one attached hydrogen (secondary N) is 1. The maximum atomic E-state index is 9.34. The molecule has 2 rings (SSSR count). The Labute approximate surface area is 133 Å². The van der Waals surface area contributed by atoms with E-state index in [9.17, 15) is 5.26 Å². The van der Waals surface area contributed by atoms with Gasteiger partial charge in [0.05, 0.1) is 6.07 Å². The number of rotatable bonds is 7. The van der Waals surface area contributed by atoms with Crippen molar-refractivity contribution < 1.29 is 0 Å². The minimum atomic E-state index is -0.188. The maximum Gasteiger partial charge on any atom is 0.110 e. The van der Waals surface area contributed by atoms with Crippen LogP contribution in [0.25, 0.3) is 0 Å². The zero-order valence-electron chi connectivity index (χ0n) is 13.2. The SMILES string of the molecule is CC(C)[C@@H](C#N)NN(Cc1ccccc1)Cc1ccccc1. The van der Waals surface area contributed by atoms with E-state index in [4.69, 9.17) is 0 Å². The van der Waals surface area contributed by atoms with Crippen LogP contribution in [0.4, 0.5) is 0 Å². The van der Waals surface area contributed by atoms with Crippen molar-refractivity contribution in [1.29, 1.82) is 5.26 Å². The minimum Gasteiger partial charge on any atom is -0.237 e. The fourth-order valence-corrected chi connectivity index (χ4v) is 2.28. The topological polar surface area (TPSA) is 39.1 Å². The van der Waals surface area contributed by atoms with Crippen molar-refractivity contribution in [2.45, 2.75) is 33.0 Å². The van der Waals surface area contributed by atoms with Crippen LogP contribution in [0.3, 0.4) is 0 Å². The van der Waals surface area contributed by atoms with Crippen molar-refractivity contribution in [3.05, 3.63) is 71.8 Å². The Bertz CT molecular complexity index is 546. The number of hydrogen-bond acceptors (Lipinski definition) is 3. The van der Waals surface area contributed by atoms with E-state index in [1.807, 2.05) is 36.4 Å². The third kappa shape index (κ3) is 5.00. The van der Waals surface area contributed by atoms with Crippen LogP contribution in [-0.4, -0.2) is 11.1 Å². The molecular formula is C19H23N3. The first kappa shape index (κ1) is 16.2. The second-order valence-electron chi connectivity index (χ2n) is 5.81. The Hall–Kier alpha value is -2.15. The summed E-state index contributed by atoms with van der Waals surface area (Å²) in [6, 6.07) is 22.8. The molecular weight excluding hydrogens is 270 g/mol. The van der Waals surface area contributed by atoms with Gasteiger partial charge in [0.15, 0.2) is 0 Å². The van der Waals surface area contributed by atoms with Gasteiger partial charge in [-0.2, -0.15) is 5.26 Å². The molecule has 2 aromatic rings. The lowest BCUT2D eigenvalue weighted by molar-refractivity contribution is 0.139. The van der Waals surface area contributed by atoms with E-state index in [1.54, 1.807) is 0 Å². The third-order valence-electron chi connectivity index (χ3n) is 3.56. The highest BCUT2D eigenvalue weighted by molar-refractivity contribution is 5.17. The number of nitrogens with zero attached hydrogens (tertiary/aromatic N) is 2. The van der Waals surface area contributed by atoms with Crippen LogP contribution >= 0.6 is 0 Å². The molecule has 3 heteroatoms. The van der Waals surface area contributed by atoms with Gasteiger partial charge < -0.3 is 0 Å². The summed E-state index contributed by atoms with van der Waals surface area (Å²) in [5.41, 5.74) is 5.83. The Kier molecular flexibility index (Phi) is 6.14. The number of nitriles is 1. The highest BCUT2D eigenvalue weighted by Crippen LogP contribution is 2.10. The van der Waals surface area contributed by atoms with E-state index in [0.29, 0.717) is 0 Å². The van der Waals surface area contributed by atoms with Crippen molar-refractivity contribution in [1.82, 2.24) is 10.4 Å². The van der Waals surface area contributed by atoms with Gasteiger partial charge in [-0.15, -0.1) is 0 Å². The molecule has 1 atom stereocenters. The van der Waals surface area contributed by atoms with Crippen LogP contribution in [0.15, 0.2) is 60.7 Å². The van der Waals surface area contributed by atoms with Crippen LogP contribution in [-0.2, 0) is 13.1 Å². The first-order chi connectivity index (χ1) is 10.7. The fourth-order valence-electron chi connectivity index (χ4n) is 2.28. The van der Waals surface area contributed by atoms with E-state index in [-0.39, 0.29) is 12.0 Å². The number of hydrogen-bond donors (Lipinski definition) is 1. The number of benzene rings is 2. The molecule has 0 aliphatic heterocycles. The minimum absolute atomic E-state index is 0.188. The van der Waals surface area contributed by atoms with Gasteiger partial charge in [0.25, 0.3) is 0 Å². The van der Waals surface area contributed by atoms with Gasteiger partial charge in [0.2, 0.25) is 0 Å². The summed E-state index contributed by atoms with van der Waals surface area (Å²) >= 11 is 0. The van der Waals surface area contributed by atoms with Crippen molar-refractivity contribution in [2.75, 3.05) is 0 Å². The summed E-state index contributed by atoms with van der Waals surface area (Å²) in [6.45, 7) is 5.65. The van der Waals surface area contributed by atoms with E-state index < -0.39 is 0 Å². The van der Waals surface area contributed by atoms with Gasteiger partial charge in [-0.1, -0.05) is 74.5 Å². The van der Waals surface area contributed by atoms with Crippen molar-refractivity contribution in [3.63, 3.8) is 0 Å². The lowest BCUT2D eigenvalue weighted by Crippen LogP contribution is -2.45. The largest absolute Gasteiger partial charge is 0.237 e. The van der Waals surface area contributed by atoms with Crippen molar-refractivity contribution in [2.24, 2.45) is 5.92 Å². The summed E-state index contributed by atoms with van der Waals surface area (Å²) in [7, 11) is 0. The van der Waals surface area contributed by atoms with E-state index in [2.05, 4.69) is 54.6 Å². The fraction of sp³-hybridized carbons (Fsp3) is 0.316. The van der Waals surface area contributed by atoms with Crippen LogP contribution in [0.2, 0.25) is 0 Å². The van der Waals surface area contributed by atoms with Crippen molar-refractivity contribution >= 4 is 0 Å². The lowest BCUT2D eigenvalue weighted by atomic mass is 10.1. The summed E-state index contributed by atoms with van der Waals surface area (Å²) < 4.78 is 0. The Morgan fingerprint density at radius 1 is 0.909 bits per heavy atom. The molecule has 3 nitrogen and oxygen atoms in total. The second-order valence-corrected chi connectivity index (χ2v) is 5.81. The predicted molar refractivity (Wildman–Crippen MR) is 89.5 cm³/mol. The first-order valence-corrected chi connectivity index (χ1v) is 7.67. The molecule has 2 aromatic carbocycles. The van der Waals surface area contributed by atoms with E-state index >= 15 is 0 Å². The Balaban J connectivity index is 2.11. The Morgan fingerprint density at radius 2 is 1.36 bits per heavy atom. The molecule has 114 valence electrons. The summed E-state index contributed by atoms with van der Waals surface area (Å²) in [5, 5.41) is 11.5. The van der Waals surface area contributed by atoms with Gasteiger partial charge in [-0.05, 0) is 17.0 Å². The smallest absolute Gasteiger partial charge is 0.110 e. The van der Waals surface area contributed by atoms with Gasteiger partial charge in [-0.3, -0.25) is 0 Å². The molecule has 0 spiro atoms. The molecule has 0 aliphatic carbocycles. The lowest BCUT2D eigenvalue weighted by Gasteiger charge is -2.28. The summed E-state index contributed by atoms with van der Waals surface area (Å²) in [4.78, 5) is 0. The standard InChI is InChI=1S/C19H23N3/c1-16(2)19(13-20)21-22(14-17-9-5-3-6-10-17)15-18-11-7-4-8-12-18/h3-12,16,19,21H,14-15H2,1-2H3/t19-/m1/s1. The highest BCUT2D eigenvalue weighted by atomic mass is 15.5. The van der Waals surface area contributed by atoms with Crippen LogP contribution < -0.4 is 5.43 Å². The molecule has 0 heterocycles. The quantitative estimate of drug-likeness (QED) is 0.790. The van der Waals surface area contributed by atoms with Crippen LogP contribution in [0, 0.1) is 17.2 Å². The summed E-state index contributed by atoms with van der Waals surface area (Å²) in [6.07, 6.45) is 0. The van der Waals surface area contributed by atoms with Crippen LogP contribution in [0.1, 0.15) is 25.0 Å². The number of hydrazine groups is 1. The normalized spacial score (nSPS) is 12.3. The van der Waals surface area contributed by atoms with Gasteiger partial charge in [0, 0.05) is 13.1 Å². The van der Waals surface area contributed by atoms with Gasteiger partial charge >= 0.3 is 0 Å². The monoisotopic (exact) mass is 293 g/mol. The van der Waals surface area contributed by atoms with Crippen molar-refractivity contribution in [3.8, 4) is 6.07 Å². The molecule has 0 radical (unpaired) electrons. The molecule has 1 N–H and O–H groups in total. The van der Waals surface area contributed by atoms with Crippen LogP contribution in [0.5, 0.6) is 0 Å². The first-order valence-electron chi connectivity index (χ1n) is 7.67. The molecule has 0 saturated carbocycles. The Morgan fingerprint density at radius 3 is 1.73 bits per heavy atom. The molecule has 0 fully saturated rings. The van der Waals surface area contributed by atoms with Gasteiger partial charge in [0.1, 0.15) is 6.04 Å². The summed E-state index contributed by atoms with van der Waals surface area (Å²) in [5.74, 6) is 0.263. The maximum absolute atomic E-state index is 9.34.